The quantitative estimate of drug-likeness (QED) is 0.860. The number of nitrogens with one attached hydrogen (secondary N) is 1. The first-order valence-electron chi connectivity index (χ1n) is 9.26. The van der Waals surface area contributed by atoms with Gasteiger partial charge in [-0.1, -0.05) is 13.0 Å². The van der Waals surface area contributed by atoms with Gasteiger partial charge in [-0.25, -0.2) is 4.98 Å². The van der Waals surface area contributed by atoms with E-state index in [9.17, 15) is 9.90 Å². The highest BCUT2D eigenvalue weighted by Gasteiger charge is 2.37. The topological polar surface area (TPSA) is 84.6 Å². The van der Waals surface area contributed by atoms with Crippen LogP contribution < -0.4 is 10.1 Å². The molecule has 1 aromatic heterocycles. The number of fused-ring (bicyclic) bond motifs is 1. The van der Waals surface area contributed by atoms with E-state index in [0.717, 1.165) is 17.7 Å². The zero-order valence-electron chi connectivity index (χ0n) is 15.1. The van der Waals surface area contributed by atoms with Gasteiger partial charge in [0.15, 0.2) is 5.89 Å². The molecule has 1 saturated carbocycles. The summed E-state index contributed by atoms with van der Waals surface area (Å²) in [6, 6.07) is 5.93. The van der Waals surface area contributed by atoms with E-state index < -0.39 is 0 Å². The molecule has 0 bridgehead atoms. The fourth-order valence-corrected chi connectivity index (χ4v) is 3.80. The summed E-state index contributed by atoms with van der Waals surface area (Å²) in [6.07, 6.45) is 2.63. The minimum Gasteiger partial charge on any atom is -0.493 e. The number of aryl methyl sites for hydroxylation is 2. The standard InChI is InChI=1S/C20H24N2O4/c1-3-17-21-11(2)19(26-17)20(24)22-18(14-9-15(23)10-14)13-4-5-16-12(8-13)6-7-25-16/h4-5,8,14-15,18,23H,3,6-7,9-10H2,1-2H3,(H,22,24)/t14?,15?,18-/m1/s1. The van der Waals surface area contributed by atoms with Crippen molar-refractivity contribution in [1.29, 1.82) is 0 Å². The normalized spacial score (nSPS) is 22.3. The van der Waals surface area contributed by atoms with E-state index in [2.05, 4.69) is 16.4 Å². The van der Waals surface area contributed by atoms with Crippen molar-refractivity contribution in [3.05, 3.63) is 46.7 Å². The lowest BCUT2D eigenvalue weighted by Crippen LogP contribution is -2.41. The molecule has 2 heterocycles. The van der Waals surface area contributed by atoms with Crippen molar-refractivity contribution >= 4 is 5.91 Å². The molecule has 6 heteroatoms. The predicted molar refractivity (Wildman–Crippen MR) is 95.2 cm³/mol. The van der Waals surface area contributed by atoms with Gasteiger partial charge in [-0.3, -0.25) is 4.79 Å². The Kier molecular flexibility index (Phi) is 4.44. The number of aromatic nitrogens is 1. The Balaban J connectivity index is 1.59. The van der Waals surface area contributed by atoms with Crippen LogP contribution in [0.15, 0.2) is 22.6 Å². The fraction of sp³-hybridized carbons (Fsp3) is 0.500. The van der Waals surface area contributed by atoms with Crippen molar-refractivity contribution in [2.75, 3.05) is 6.61 Å². The smallest absolute Gasteiger partial charge is 0.289 e. The third-order valence-electron chi connectivity index (χ3n) is 5.33. The van der Waals surface area contributed by atoms with Gasteiger partial charge in [-0.05, 0) is 48.9 Å². The summed E-state index contributed by atoms with van der Waals surface area (Å²) in [5.41, 5.74) is 2.83. The summed E-state index contributed by atoms with van der Waals surface area (Å²) >= 11 is 0. The van der Waals surface area contributed by atoms with Crippen molar-refractivity contribution in [1.82, 2.24) is 10.3 Å². The first-order chi connectivity index (χ1) is 12.5. The summed E-state index contributed by atoms with van der Waals surface area (Å²) < 4.78 is 11.2. The summed E-state index contributed by atoms with van der Waals surface area (Å²) in [5.74, 6) is 1.72. The Bertz CT molecular complexity index is 823. The van der Waals surface area contributed by atoms with E-state index in [1.807, 2.05) is 19.1 Å². The van der Waals surface area contributed by atoms with Crippen molar-refractivity contribution in [2.24, 2.45) is 5.92 Å². The highest BCUT2D eigenvalue weighted by molar-refractivity contribution is 5.92. The lowest BCUT2D eigenvalue weighted by Gasteiger charge is -2.38. The van der Waals surface area contributed by atoms with E-state index in [-0.39, 0.29) is 29.7 Å². The van der Waals surface area contributed by atoms with Crippen molar-refractivity contribution in [2.45, 2.75) is 51.7 Å². The lowest BCUT2D eigenvalue weighted by atomic mass is 9.75. The van der Waals surface area contributed by atoms with Gasteiger partial charge in [-0.15, -0.1) is 0 Å². The molecule has 2 aromatic rings. The zero-order chi connectivity index (χ0) is 18.3. The number of benzene rings is 1. The number of ether oxygens (including phenoxy) is 1. The molecule has 1 amide bonds. The van der Waals surface area contributed by atoms with Crippen LogP contribution in [0.2, 0.25) is 0 Å². The number of hydrogen-bond donors (Lipinski definition) is 2. The number of oxazole rings is 1. The van der Waals surface area contributed by atoms with E-state index in [0.29, 0.717) is 37.5 Å². The molecule has 1 atom stereocenters. The van der Waals surface area contributed by atoms with Crippen LogP contribution in [0.5, 0.6) is 5.75 Å². The van der Waals surface area contributed by atoms with Gasteiger partial charge in [0.05, 0.1) is 24.4 Å². The molecular weight excluding hydrogens is 332 g/mol. The molecule has 0 spiro atoms. The molecule has 138 valence electrons. The highest BCUT2D eigenvalue weighted by Crippen LogP contribution is 2.40. The van der Waals surface area contributed by atoms with Crippen molar-refractivity contribution < 1.29 is 19.1 Å². The molecule has 1 fully saturated rings. The Hall–Kier alpha value is -2.34. The van der Waals surface area contributed by atoms with Gasteiger partial charge < -0.3 is 19.6 Å². The Labute approximate surface area is 152 Å². The van der Waals surface area contributed by atoms with Crippen LogP contribution in [0, 0.1) is 12.8 Å². The minimum absolute atomic E-state index is 0.161. The van der Waals surface area contributed by atoms with E-state index in [1.54, 1.807) is 6.92 Å². The van der Waals surface area contributed by atoms with Crippen LogP contribution in [0.25, 0.3) is 0 Å². The molecule has 4 rings (SSSR count). The van der Waals surface area contributed by atoms with Gasteiger partial charge in [0, 0.05) is 12.8 Å². The second kappa shape index (κ2) is 6.76. The first kappa shape index (κ1) is 17.1. The molecule has 0 radical (unpaired) electrons. The maximum Gasteiger partial charge on any atom is 0.289 e. The van der Waals surface area contributed by atoms with Gasteiger partial charge in [0.1, 0.15) is 5.75 Å². The number of nitrogens with zero attached hydrogens (tertiary/aromatic N) is 1. The van der Waals surface area contributed by atoms with Crippen LogP contribution in [-0.2, 0) is 12.8 Å². The molecule has 26 heavy (non-hydrogen) atoms. The summed E-state index contributed by atoms with van der Waals surface area (Å²) in [5, 5.41) is 12.9. The Morgan fingerprint density at radius 1 is 1.42 bits per heavy atom. The Morgan fingerprint density at radius 2 is 2.23 bits per heavy atom. The number of aliphatic hydroxyl groups excluding tert-OH is 1. The number of rotatable bonds is 5. The predicted octanol–water partition coefficient (Wildman–Crippen LogP) is 2.72. The van der Waals surface area contributed by atoms with E-state index >= 15 is 0 Å². The molecule has 6 nitrogen and oxygen atoms in total. The molecule has 1 aliphatic carbocycles. The van der Waals surface area contributed by atoms with Crippen molar-refractivity contribution in [3.8, 4) is 5.75 Å². The number of hydrogen-bond acceptors (Lipinski definition) is 5. The lowest BCUT2D eigenvalue weighted by molar-refractivity contribution is 0.0232. The van der Waals surface area contributed by atoms with E-state index in [1.165, 1.54) is 5.56 Å². The average molecular weight is 356 g/mol. The van der Waals surface area contributed by atoms with Gasteiger partial charge in [0.2, 0.25) is 5.76 Å². The monoisotopic (exact) mass is 356 g/mol. The average Bonchev–Trinajstić information content (AvgIpc) is 3.22. The number of carbonyl (C=O) groups excluding carboxylic acids is 1. The fourth-order valence-electron chi connectivity index (χ4n) is 3.80. The van der Waals surface area contributed by atoms with Crippen LogP contribution in [-0.4, -0.2) is 28.7 Å². The highest BCUT2D eigenvalue weighted by atomic mass is 16.5. The molecule has 2 N–H and O–H groups in total. The molecular formula is C20H24N2O4. The van der Waals surface area contributed by atoms with Gasteiger partial charge in [-0.2, -0.15) is 0 Å². The van der Waals surface area contributed by atoms with Crippen LogP contribution in [0.1, 0.15) is 59.1 Å². The molecule has 2 aliphatic rings. The third kappa shape index (κ3) is 3.09. The second-order valence-corrected chi connectivity index (χ2v) is 7.18. The maximum atomic E-state index is 12.8. The largest absolute Gasteiger partial charge is 0.493 e. The summed E-state index contributed by atoms with van der Waals surface area (Å²) in [6.45, 7) is 4.43. The molecule has 1 aliphatic heterocycles. The van der Waals surface area contributed by atoms with Crippen LogP contribution in [0.4, 0.5) is 0 Å². The van der Waals surface area contributed by atoms with Gasteiger partial charge >= 0.3 is 0 Å². The third-order valence-corrected chi connectivity index (χ3v) is 5.33. The number of amides is 1. The summed E-state index contributed by atoms with van der Waals surface area (Å²) in [7, 11) is 0. The van der Waals surface area contributed by atoms with Crippen LogP contribution >= 0.6 is 0 Å². The van der Waals surface area contributed by atoms with Gasteiger partial charge in [0.25, 0.3) is 5.91 Å². The van der Waals surface area contributed by atoms with E-state index in [4.69, 9.17) is 9.15 Å². The second-order valence-electron chi connectivity index (χ2n) is 7.18. The molecule has 0 unspecified atom stereocenters. The first-order valence-corrected chi connectivity index (χ1v) is 9.26. The Morgan fingerprint density at radius 3 is 2.92 bits per heavy atom. The van der Waals surface area contributed by atoms with Crippen molar-refractivity contribution in [3.63, 3.8) is 0 Å². The number of aliphatic hydroxyl groups is 1. The minimum atomic E-state index is -0.282. The zero-order valence-corrected chi connectivity index (χ0v) is 15.1. The molecule has 1 aromatic carbocycles. The summed E-state index contributed by atoms with van der Waals surface area (Å²) in [4.78, 5) is 17.1. The molecule has 0 saturated heterocycles. The van der Waals surface area contributed by atoms with Crippen LogP contribution in [0.3, 0.4) is 0 Å². The number of carbonyl (C=O) groups is 1. The SMILES string of the molecule is CCc1nc(C)c(C(=O)N[C@H](c2ccc3c(c2)CCO3)C2CC(O)C2)o1. The maximum absolute atomic E-state index is 12.8.